The molecule has 0 nitrogen and oxygen atoms in total. The molecule has 8 rings (SSSR count). The Morgan fingerprint density at radius 3 is 1.28 bits per heavy atom. The van der Waals surface area contributed by atoms with Gasteiger partial charge in [-0.1, -0.05) is 113 Å². The number of benzene rings is 6. The van der Waals surface area contributed by atoms with E-state index in [9.17, 15) is 0 Å². The SMILES string of the molecule is Cc1ccc(-c2cc3[cH-]c4cc(-c5ccc(C)cc5)c(C(C)(C)C)cc4c3cc2C(C)(C)C)cc1.[C-]1=CC=CC1.[Cl-].[Cl-].[Zr+2]=[C](Cc1ccccc1)Cc1ccccc1. The van der Waals surface area contributed by atoms with E-state index in [1.807, 2.05) is 12.2 Å². The Morgan fingerprint density at radius 2 is 0.966 bits per heavy atom. The zero-order chi connectivity index (χ0) is 39.9. The third-order valence-corrected chi connectivity index (χ3v) is 11.3. The molecule has 0 radical (unpaired) electrons. The molecule has 7 aromatic rings. The van der Waals surface area contributed by atoms with Gasteiger partial charge >= 0.3 is 112 Å². The molecular weight excluding hydrogens is 823 g/mol. The summed E-state index contributed by atoms with van der Waals surface area (Å²) in [7, 11) is 0. The zero-order valence-electron chi connectivity index (χ0n) is 35.4. The van der Waals surface area contributed by atoms with Gasteiger partial charge in [0.25, 0.3) is 0 Å². The Balaban J connectivity index is 0.000000268. The van der Waals surface area contributed by atoms with Crippen molar-refractivity contribution < 1.29 is 49.0 Å². The number of rotatable bonds is 6. The minimum atomic E-state index is 0. The van der Waals surface area contributed by atoms with Crippen LogP contribution in [-0.4, -0.2) is 3.21 Å². The summed E-state index contributed by atoms with van der Waals surface area (Å²) in [5.41, 5.74) is 13.6. The van der Waals surface area contributed by atoms with E-state index in [0.29, 0.717) is 0 Å². The van der Waals surface area contributed by atoms with Crippen molar-refractivity contribution in [1.29, 1.82) is 0 Å². The molecule has 0 aromatic heterocycles. The van der Waals surface area contributed by atoms with Gasteiger partial charge in [0.15, 0.2) is 0 Å². The maximum absolute atomic E-state index is 2.99. The van der Waals surface area contributed by atoms with Gasteiger partial charge in [0.1, 0.15) is 0 Å². The van der Waals surface area contributed by atoms with Gasteiger partial charge in [0.2, 0.25) is 0 Å². The van der Waals surface area contributed by atoms with Crippen LogP contribution in [0, 0.1) is 19.9 Å². The molecule has 296 valence electrons. The van der Waals surface area contributed by atoms with E-state index in [-0.39, 0.29) is 35.6 Å². The molecule has 0 heterocycles. The second-order valence-electron chi connectivity index (χ2n) is 17.3. The number of allylic oxidation sites excluding steroid dienone is 4. The summed E-state index contributed by atoms with van der Waals surface area (Å²) in [5.74, 6) is 0. The quantitative estimate of drug-likeness (QED) is 0.147. The van der Waals surface area contributed by atoms with E-state index in [0.717, 1.165) is 19.3 Å². The Morgan fingerprint density at radius 1 is 0.569 bits per heavy atom. The Labute approximate surface area is 376 Å². The van der Waals surface area contributed by atoms with Gasteiger partial charge in [-0.05, 0) is 58.1 Å². The number of aryl methyl sites for hydroxylation is 2. The first-order chi connectivity index (χ1) is 26.8. The van der Waals surface area contributed by atoms with Crippen molar-refractivity contribution in [2.24, 2.45) is 0 Å². The van der Waals surface area contributed by atoms with E-state index in [2.05, 4.69) is 207 Å². The summed E-state index contributed by atoms with van der Waals surface area (Å²) in [4.78, 5) is 0. The number of hydrogen-bond acceptors (Lipinski definition) is 0. The minimum absolute atomic E-state index is 0. The fourth-order valence-electron chi connectivity index (χ4n) is 7.38. The molecule has 58 heavy (non-hydrogen) atoms. The Bertz CT molecular complexity index is 2280. The Hall–Kier alpha value is -4.00. The molecule has 3 heteroatoms. The summed E-state index contributed by atoms with van der Waals surface area (Å²) >= 11 is 1.55. The maximum atomic E-state index is 2.99. The van der Waals surface area contributed by atoms with Crippen molar-refractivity contribution >= 4 is 24.8 Å². The van der Waals surface area contributed by atoms with Crippen LogP contribution in [-0.2, 0) is 47.9 Å². The molecule has 0 atom stereocenters. The first kappa shape index (κ1) is 46.7. The van der Waals surface area contributed by atoms with E-state index in [1.165, 1.54) is 77.2 Å². The summed E-state index contributed by atoms with van der Waals surface area (Å²) in [5, 5.41) is 5.37. The van der Waals surface area contributed by atoms with Crippen LogP contribution in [0.25, 0.3) is 43.8 Å². The van der Waals surface area contributed by atoms with Crippen LogP contribution >= 0.6 is 0 Å². The van der Waals surface area contributed by atoms with Crippen LogP contribution in [0.2, 0.25) is 0 Å². The molecule has 0 N–H and O–H groups in total. The molecule has 0 bridgehead atoms. The van der Waals surface area contributed by atoms with Gasteiger partial charge in [0, 0.05) is 0 Å². The average Bonchev–Trinajstić information content (AvgIpc) is 3.87. The number of hydrogen-bond donors (Lipinski definition) is 0. The van der Waals surface area contributed by atoms with E-state index in [1.54, 1.807) is 27.4 Å². The zero-order valence-corrected chi connectivity index (χ0v) is 39.4. The fourth-order valence-corrected chi connectivity index (χ4v) is 8.38. The third kappa shape index (κ3) is 12.3. The van der Waals surface area contributed by atoms with Crippen LogP contribution in [0.15, 0.2) is 158 Å². The second-order valence-corrected chi connectivity index (χ2v) is 19.0. The van der Waals surface area contributed by atoms with Gasteiger partial charge < -0.3 is 24.8 Å². The van der Waals surface area contributed by atoms with Crippen molar-refractivity contribution in [2.45, 2.75) is 85.5 Å². The fraction of sp³-hybridized carbons (Fsp3) is 0.236. The van der Waals surface area contributed by atoms with Gasteiger partial charge in [-0.2, -0.15) is 6.08 Å². The van der Waals surface area contributed by atoms with Gasteiger partial charge in [-0.3, -0.25) is 6.08 Å². The molecule has 1 aliphatic carbocycles. The predicted octanol–water partition coefficient (Wildman–Crippen LogP) is 8.76. The molecule has 0 aliphatic heterocycles. The summed E-state index contributed by atoms with van der Waals surface area (Å²) in [6, 6.07) is 51.5. The van der Waals surface area contributed by atoms with Crippen LogP contribution in [0.4, 0.5) is 0 Å². The Kier molecular flexibility index (Phi) is 16.7. The normalized spacial score (nSPS) is 11.9. The van der Waals surface area contributed by atoms with E-state index in [4.69, 9.17) is 0 Å². The van der Waals surface area contributed by atoms with E-state index < -0.39 is 0 Å². The first-order valence-electron chi connectivity index (χ1n) is 20.0. The summed E-state index contributed by atoms with van der Waals surface area (Å²) in [6.45, 7) is 18.3. The van der Waals surface area contributed by atoms with Crippen LogP contribution in [0.1, 0.15) is 81.3 Å². The molecular formula is C55H56Cl2Zr-2. The summed E-state index contributed by atoms with van der Waals surface area (Å²) in [6.07, 6.45) is 12.2. The molecule has 1 aliphatic rings. The monoisotopic (exact) mass is 876 g/mol. The molecule has 0 unspecified atom stereocenters. The summed E-state index contributed by atoms with van der Waals surface area (Å²) < 4.78 is 1.60. The molecule has 0 amide bonds. The third-order valence-electron chi connectivity index (χ3n) is 10.4. The van der Waals surface area contributed by atoms with Crippen LogP contribution in [0.3, 0.4) is 0 Å². The number of fused-ring (bicyclic) bond motifs is 3. The average molecular weight is 879 g/mol. The van der Waals surface area contributed by atoms with Crippen molar-refractivity contribution in [1.82, 2.24) is 0 Å². The van der Waals surface area contributed by atoms with Crippen LogP contribution in [0.5, 0.6) is 0 Å². The topological polar surface area (TPSA) is 0 Å². The number of halogens is 2. The first-order valence-corrected chi connectivity index (χ1v) is 21.2. The molecule has 0 spiro atoms. The van der Waals surface area contributed by atoms with Gasteiger partial charge in [0.05, 0.1) is 0 Å². The second kappa shape index (κ2) is 20.8. The standard InChI is InChI=1S/C35H37.C15H14.C5H5.2ClH.Zr/c1-22-9-13-24(14-10-22)30-18-26-17-27-19-31(25-15-11-23(2)12-16-25)33(35(6,7)8)21-29(27)28(26)20-32(30)34(3,4)5;1-3-8-14(9-4-1)12-7-13-15-10-5-2-6-11-15;1-2-4-5-3-1;;;/h9-21H,1-8H3;1-6,8-11H,12-13H2;1-3H,4H2;2*1H;/q-1;;-1;;;+2/p-2. The van der Waals surface area contributed by atoms with Crippen molar-refractivity contribution in [3.8, 4) is 22.3 Å². The molecule has 7 aromatic carbocycles. The molecule has 0 fully saturated rings. The van der Waals surface area contributed by atoms with Crippen LogP contribution < -0.4 is 24.8 Å². The predicted molar refractivity (Wildman–Crippen MR) is 242 cm³/mol. The van der Waals surface area contributed by atoms with Crippen molar-refractivity contribution in [3.63, 3.8) is 0 Å². The van der Waals surface area contributed by atoms with Crippen molar-refractivity contribution in [3.05, 3.63) is 197 Å². The van der Waals surface area contributed by atoms with Crippen molar-refractivity contribution in [2.75, 3.05) is 0 Å². The molecule has 0 saturated carbocycles. The van der Waals surface area contributed by atoms with E-state index >= 15 is 0 Å². The van der Waals surface area contributed by atoms with Gasteiger partial charge in [-0.25, -0.2) is 12.2 Å². The van der Waals surface area contributed by atoms with Gasteiger partial charge in [-0.15, -0.1) is 46.2 Å². The molecule has 0 saturated heterocycles.